The second-order valence-corrected chi connectivity index (χ2v) is 6.95. The van der Waals surface area contributed by atoms with Gasteiger partial charge in [0.15, 0.2) is 17.5 Å². The second kappa shape index (κ2) is 10.1. The number of aliphatic imine (C=N–C) groups is 1. The van der Waals surface area contributed by atoms with Gasteiger partial charge < -0.3 is 20.1 Å². The van der Waals surface area contributed by atoms with E-state index in [0.717, 1.165) is 5.56 Å². The molecule has 1 aliphatic rings. The number of guanidine groups is 1. The van der Waals surface area contributed by atoms with Gasteiger partial charge in [0.1, 0.15) is 0 Å². The minimum atomic E-state index is -0.358. The number of benzene rings is 1. The first kappa shape index (κ1) is 21.0. The van der Waals surface area contributed by atoms with Crippen LogP contribution in [0.2, 0.25) is 0 Å². The standard InChI is InChI=1S/C20H30FN3O3/c1-5-22-20(23-11-13(2)19(25)26-4)24-14(3)16-8-9-18(17(21)10-16)27-12-15-6-7-15/h8-10,13-15H,5-7,11-12H2,1-4H3,(H2,22,23,24). The van der Waals surface area contributed by atoms with Crippen molar-refractivity contribution in [2.75, 3.05) is 26.8 Å². The number of methoxy groups -OCH3 is 1. The van der Waals surface area contributed by atoms with Gasteiger partial charge in [0.05, 0.1) is 32.2 Å². The van der Waals surface area contributed by atoms with Crippen molar-refractivity contribution in [2.45, 2.75) is 39.7 Å². The minimum absolute atomic E-state index is 0.164. The zero-order chi connectivity index (χ0) is 19.8. The van der Waals surface area contributed by atoms with Crippen molar-refractivity contribution in [3.63, 3.8) is 0 Å². The number of carbonyl (C=O) groups is 1. The molecule has 2 unspecified atom stereocenters. The van der Waals surface area contributed by atoms with Crippen molar-refractivity contribution >= 4 is 11.9 Å². The summed E-state index contributed by atoms with van der Waals surface area (Å²) in [4.78, 5) is 15.9. The molecule has 0 aliphatic heterocycles. The Bertz CT molecular complexity index is 662. The average molecular weight is 379 g/mol. The van der Waals surface area contributed by atoms with E-state index in [-0.39, 0.29) is 23.7 Å². The molecule has 1 fully saturated rings. The molecule has 2 rings (SSSR count). The van der Waals surface area contributed by atoms with Gasteiger partial charge in [0.25, 0.3) is 0 Å². The molecule has 2 atom stereocenters. The van der Waals surface area contributed by atoms with Crippen molar-refractivity contribution in [3.8, 4) is 5.75 Å². The van der Waals surface area contributed by atoms with Crippen LogP contribution in [0.15, 0.2) is 23.2 Å². The molecule has 7 heteroatoms. The Morgan fingerprint density at radius 2 is 2.11 bits per heavy atom. The maximum absolute atomic E-state index is 14.3. The number of halogens is 1. The number of hydrogen-bond acceptors (Lipinski definition) is 4. The number of rotatable bonds is 9. The van der Waals surface area contributed by atoms with Crippen molar-refractivity contribution in [2.24, 2.45) is 16.8 Å². The number of ether oxygens (including phenoxy) is 2. The van der Waals surface area contributed by atoms with E-state index in [9.17, 15) is 9.18 Å². The lowest BCUT2D eigenvalue weighted by Gasteiger charge is -2.19. The van der Waals surface area contributed by atoms with Crippen LogP contribution < -0.4 is 15.4 Å². The van der Waals surface area contributed by atoms with Crippen molar-refractivity contribution < 1.29 is 18.7 Å². The largest absolute Gasteiger partial charge is 0.490 e. The number of nitrogens with zero attached hydrogens (tertiary/aromatic N) is 1. The quantitative estimate of drug-likeness (QED) is 0.392. The SMILES string of the molecule is CCNC(=NCC(C)C(=O)OC)NC(C)c1ccc(OCC2CC2)c(F)c1. The first-order chi connectivity index (χ1) is 12.9. The maximum Gasteiger partial charge on any atom is 0.310 e. The lowest BCUT2D eigenvalue weighted by molar-refractivity contribution is -0.144. The Balaban J connectivity index is 1.97. The molecule has 0 saturated heterocycles. The lowest BCUT2D eigenvalue weighted by Crippen LogP contribution is -2.39. The van der Waals surface area contributed by atoms with Crippen LogP contribution in [-0.4, -0.2) is 38.7 Å². The summed E-state index contributed by atoms with van der Waals surface area (Å²) in [6, 6.07) is 4.85. The number of hydrogen-bond donors (Lipinski definition) is 2. The first-order valence-corrected chi connectivity index (χ1v) is 9.49. The van der Waals surface area contributed by atoms with Crippen LogP contribution in [0.4, 0.5) is 4.39 Å². The van der Waals surface area contributed by atoms with E-state index >= 15 is 0 Å². The normalized spacial score (nSPS) is 16.4. The van der Waals surface area contributed by atoms with E-state index in [1.54, 1.807) is 13.0 Å². The predicted octanol–water partition coefficient (Wildman–Crippen LogP) is 3.04. The Labute approximate surface area is 160 Å². The molecule has 1 aromatic carbocycles. The predicted molar refractivity (Wildman–Crippen MR) is 103 cm³/mol. The van der Waals surface area contributed by atoms with Gasteiger partial charge in [-0.1, -0.05) is 13.0 Å². The molecular formula is C20H30FN3O3. The third kappa shape index (κ3) is 6.73. The topological polar surface area (TPSA) is 72.0 Å². The van der Waals surface area contributed by atoms with Crippen LogP contribution in [0, 0.1) is 17.7 Å². The smallest absolute Gasteiger partial charge is 0.310 e. The molecule has 0 spiro atoms. The van der Waals surface area contributed by atoms with E-state index in [2.05, 4.69) is 15.6 Å². The Morgan fingerprint density at radius 1 is 1.37 bits per heavy atom. The molecule has 6 nitrogen and oxygen atoms in total. The van der Waals surface area contributed by atoms with Crippen LogP contribution in [0.25, 0.3) is 0 Å². The van der Waals surface area contributed by atoms with Gasteiger partial charge in [-0.05, 0) is 50.3 Å². The van der Waals surface area contributed by atoms with Crippen molar-refractivity contribution in [3.05, 3.63) is 29.6 Å². The number of carbonyl (C=O) groups excluding carboxylic acids is 1. The highest BCUT2D eigenvalue weighted by molar-refractivity contribution is 5.80. The molecule has 1 saturated carbocycles. The molecule has 0 bridgehead atoms. The molecule has 0 radical (unpaired) electrons. The lowest BCUT2D eigenvalue weighted by atomic mass is 10.1. The third-order valence-corrected chi connectivity index (χ3v) is 4.45. The Hall–Kier alpha value is -2.31. The summed E-state index contributed by atoms with van der Waals surface area (Å²) in [7, 11) is 1.36. The van der Waals surface area contributed by atoms with Crippen LogP contribution in [0.3, 0.4) is 0 Å². The van der Waals surface area contributed by atoms with Gasteiger partial charge in [0, 0.05) is 6.54 Å². The van der Waals surface area contributed by atoms with Crippen LogP contribution in [0.1, 0.15) is 45.2 Å². The molecule has 1 aliphatic carbocycles. The highest BCUT2D eigenvalue weighted by Gasteiger charge is 2.22. The van der Waals surface area contributed by atoms with Gasteiger partial charge in [-0.15, -0.1) is 0 Å². The highest BCUT2D eigenvalue weighted by Crippen LogP contribution is 2.30. The van der Waals surface area contributed by atoms with E-state index < -0.39 is 0 Å². The fourth-order valence-electron chi connectivity index (χ4n) is 2.51. The summed E-state index contributed by atoms with van der Waals surface area (Å²) >= 11 is 0. The second-order valence-electron chi connectivity index (χ2n) is 6.95. The monoisotopic (exact) mass is 379 g/mol. The van der Waals surface area contributed by atoms with Crippen molar-refractivity contribution in [1.29, 1.82) is 0 Å². The summed E-state index contributed by atoms with van der Waals surface area (Å²) in [5.41, 5.74) is 0.790. The summed E-state index contributed by atoms with van der Waals surface area (Å²) < 4.78 is 24.6. The highest BCUT2D eigenvalue weighted by atomic mass is 19.1. The minimum Gasteiger partial charge on any atom is -0.490 e. The van der Waals surface area contributed by atoms with Crippen LogP contribution in [0.5, 0.6) is 5.75 Å². The molecule has 1 aromatic rings. The molecule has 27 heavy (non-hydrogen) atoms. The molecule has 150 valence electrons. The molecule has 0 heterocycles. The Morgan fingerprint density at radius 3 is 2.70 bits per heavy atom. The van der Waals surface area contributed by atoms with Gasteiger partial charge in [-0.3, -0.25) is 9.79 Å². The maximum atomic E-state index is 14.3. The average Bonchev–Trinajstić information content (AvgIpc) is 3.48. The third-order valence-electron chi connectivity index (χ3n) is 4.45. The van der Waals surface area contributed by atoms with Gasteiger partial charge in [-0.2, -0.15) is 0 Å². The van der Waals surface area contributed by atoms with Gasteiger partial charge in [-0.25, -0.2) is 4.39 Å². The first-order valence-electron chi connectivity index (χ1n) is 9.49. The molecular weight excluding hydrogens is 349 g/mol. The zero-order valence-electron chi connectivity index (χ0n) is 16.5. The van der Waals surface area contributed by atoms with E-state index in [0.29, 0.717) is 37.3 Å². The van der Waals surface area contributed by atoms with E-state index in [1.807, 2.05) is 19.9 Å². The summed E-state index contributed by atoms with van der Waals surface area (Å²) in [5, 5.41) is 6.36. The van der Waals surface area contributed by atoms with Gasteiger partial charge in [0.2, 0.25) is 0 Å². The van der Waals surface area contributed by atoms with Gasteiger partial charge >= 0.3 is 5.97 Å². The van der Waals surface area contributed by atoms with E-state index in [4.69, 9.17) is 9.47 Å². The van der Waals surface area contributed by atoms with Crippen molar-refractivity contribution in [1.82, 2.24) is 10.6 Å². The fraction of sp³-hybridized carbons (Fsp3) is 0.600. The molecule has 0 amide bonds. The fourth-order valence-corrected chi connectivity index (χ4v) is 2.51. The van der Waals surface area contributed by atoms with Crippen LogP contribution in [-0.2, 0) is 9.53 Å². The summed E-state index contributed by atoms with van der Waals surface area (Å²) in [6.45, 7) is 7.20. The summed E-state index contributed by atoms with van der Waals surface area (Å²) in [6.07, 6.45) is 2.34. The number of esters is 1. The van der Waals surface area contributed by atoms with E-state index in [1.165, 1.54) is 26.0 Å². The number of nitrogens with one attached hydrogen (secondary N) is 2. The Kier molecular flexibility index (Phi) is 7.88. The molecule has 0 aromatic heterocycles. The zero-order valence-corrected chi connectivity index (χ0v) is 16.5. The summed E-state index contributed by atoms with van der Waals surface area (Å²) in [5.74, 6) is 0.451. The molecule has 2 N–H and O–H groups in total. The van der Waals surface area contributed by atoms with Crippen LogP contribution >= 0.6 is 0 Å².